The monoisotopic (exact) mass is 318 g/mol. The summed E-state index contributed by atoms with van der Waals surface area (Å²) in [6.07, 6.45) is 11.3. The maximum absolute atomic E-state index is 10.6. The van der Waals surface area contributed by atoms with E-state index in [1.54, 1.807) is 0 Å². The Morgan fingerprint density at radius 2 is 2.00 bits per heavy atom. The molecule has 0 bridgehead atoms. The van der Waals surface area contributed by atoms with Gasteiger partial charge in [-0.3, -0.25) is 0 Å². The van der Waals surface area contributed by atoms with Crippen LogP contribution in [0.4, 0.5) is 0 Å². The first-order valence-corrected chi connectivity index (χ1v) is 8.84. The molecule has 23 heavy (non-hydrogen) atoms. The lowest BCUT2D eigenvalue weighted by Gasteiger charge is -2.21. The van der Waals surface area contributed by atoms with Gasteiger partial charge in [0, 0.05) is 0 Å². The minimum absolute atomic E-state index is 0.0392. The van der Waals surface area contributed by atoms with Crippen LogP contribution in [0.25, 0.3) is 0 Å². The van der Waals surface area contributed by atoms with Crippen molar-refractivity contribution in [2.45, 2.75) is 83.2 Å². The number of allylic oxidation sites excluding steroid dienone is 1. The van der Waals surface area contributed by atoms with Gasteiger partial charge >= 0.3 is 0 Å². The predicted molar refractivity (Wildman–Crippen MR) is 92.3 cm³/mol. The van der Waals surface area contributed by atoms with Crippen LogP contribution in [-0.2, 0) is 9.47 Å². The summed E-state index contributed by atoms with van der Waals surface area (Å²) in [5.41, 5.74) is 3.23. The molecule has 0 aromatic carbocycles. The second-order valence-corrected chi connectivity index (χ2v) is 7.97. The maximum atomic E-state index is 10.6. The van der Waals surface area contributed by atoms with E-state index in [0.29, 0.717) is 12.7 Å². The van der Waals surface area contributed by atoms with Crippen LogP contribution in [0, 0.1) is 0 Å². The molecule has 0 amide bonds. The van der Waals surface area contributed by atoms with E-state index in [1.165, 1.54) is 16.7 Å². The molecule has 0 aromatic heterocycles. The normalized spacial score (nSPS) is 45.5. The van der Waals surface area contributed by atoms with Crippen molar-refractivity contribution in [3.05, 3.63) is 34.9 Å². The second kappa shape index (κ2) is 6.19. The lowest BCUT2D eigenvalue weighted by Crippen LogP contribution is -2.22. The first-order valence-electron chi connectivity index (χ1n) is 8.84. The molecule has 4 atom stereocenters. The van der Waals surface area contributed by atoms with Crippen molar-refractivity contribution in [3.8, 4) is 0 Å². The van der Waals surface area contributed by atoms with Gasteiger partial charge in [-0.25, -0.2) is 0 Å². The van der Waals surface area contributed by atoms with Crippen LogP contribution < -0.4 is 0 Å². The molecule has 3 aliphatic rings. The fourth-order valence-electron chi connectivity index (χ4n) is 3.71. The van der Waals surface area contributed by atoms with Gasteiger partial charge < -0.3 is 14.6 Å². The molecular formula is C20H30O3. The molecule has 3 rings (SSSR count). The maximum Gasteiger partial charge on any atom is 0.0977 e. The Bertz CT molecular complexity index is 555. The van der Waals surface area contributed by atoms with Crippen LogP contribution in [0.2, 0.25) is 0 Å². The van der Waals surface area contributed by atoms with E-state index >= 15 is 0 Å². The molecule has 0 radical (unpaired) electrons. The van der Waals surface area contributed by atoms with Gasteiger partial charge in [-0.05, 0) is 70.9 Å². The molecule has 128 valence electrons. The molecular weight excluding hydrogens is 288 g/mol. The molecule has 3 nitrogen and oxygen atoms in total. The van der Waals surface area contributed by atoms with E-state index in [-0.39, 0.29) is 11.7 Å². The Kier molecular flexibility index (Phi) is 4.56. The van der Waals surface area contributed by atoms with Crippen molar-refractivity contribution in [2.75, 3.05) is 6.61 Å². The highest BCUT2D eigenvalue weighted by Gasteiger charge is 2.50. The molecule has 1 N–H and O–H groups in total. The second-order valence-electron chi connectivity index (χ2n) is 7.97. The summed E-state index contributed by atoms with van der Waals surface area (Å²) in [6, 6.07) is 0. The van der Waals surface area contributed by atoms with E-state index in [2.05, 4.69) is 32.9 Å². The van der Waals surface area contributed by atoms with E-state index in [1.807, 2.05) is 13.0 Å². The third kappa shape index (κ3) is 3.96. The topological polar surface area (TPSA) is 42.0 Å². The highest BCUT2D eigenvalue weighted by atomic mass is 16.6. The van der Waals surface area contributed by atoms with E-state index in [0.717, 1.165) is 32.1 Å². The standard InChI is InChI=1S/C20H30O3/c1-14-6-7-18-20(4,23-18)10-5-9-19(3,21)11-8-16-15(2)13-22-17(16)12-14/h5,9,12,17-18,21H,6-8,10-11,13H2,1-4H3/b9-5+,14-12+/t17-,18-,19-,20-/m0/s1. The number of hydrogen-bond acceptors (Lipinski definition) is 3. The van der Waals surface area contributed by atoms with Gasteiger partial charge in [0.25, 0.3) is 0 Å². The highest BCUT2D eigenvalue weighted by Crippen LogP contribution is 2.43. The largest absolute Gasteiger partial charge is 0.386 e. The molecule has 3 heteroatoms. The predicted octanol–water partition coefficient (Wildman–Crippen LogP) is 4.08. The average molecular weight is 318 g/mol. The SMILES string of the molecule is CC1=C2CC[C@@](C)(O)/C=C/C[C@]3(C)O[C@H]3CC/C(C)=C/[C@@H]2OC1. The van der Waals surface area contributed by atoms with Gasteiger partial charge in [-0.15, -0.1) is 0 Å². The zero-order chi connectivity index (χ0) is 16.7. The molecule has 2 heterocycles. The van der Waals surface area contributed by atoms with Crippen LogP contribution in [0.5, 0.6) is 0 Å². The van der Waals surface area contributed by atoms with Gasteiger partial charge in [0.1, 0.15) is 0 Å². The number of epoxide rings is 1. The van der Waals surface area contributed by atoms with Crippen LogP contribution >= 0.6 is 0 Å². The summed E-state index contributed by atoms with van der Waals surface area (Å²) in [5, 5.41) is 10.6. The zero-order valence-electron chi connectivity index (χ0n) is 14.9. The van der Waals surface area contributed by atoms with Crippen molar-refractivity contribution in [1.82, 2.24) is 0 Å². The van der Waals surface area contributed by atoms with Crippen LogP contribution in [0.15, 0.2) is 34.9 Å². The summed E-state index contributed by atoms with van der Waals surface area (Å²) in [7, 11) is 0. The Morgan fingerprint density at radius 3 is 2.78 bits per heavy atom. The Hall–Kier alpha value is -0.900. The van der Waals surface area contributed by atoms with Gasteiger partial charge in [0.2, 0.25) is 0 Å². The van der Waals surface area contributed by atoms with E-state index in [9.17, 15) is 5.11 Å². The Balaban J connectivity index is 1.80. The van der Waals surface area contributed by atoms with Gasteiger partial charge in [0.15, 0.2) is 0 Å². The fraction of sp³-hybridized carbons (Fsp3) is 0.700. The molecule has 0 saturated carbocycles. The van der Waals surface area contributed by atoms with Crippen molar-refractivity contribution in [1.29, 1.82) is 0 Å². The highest BCUT2D eigenvalue weighted by molar-refractivity contribution is 5.28. The molecule has 1 saturated heterocycles. The molecule has 2 aliphatic heterocycles. The molecule has 1 aliphatic carbocycles. The minimum Gasteiger partial charge on any atom is -0.386 e. The summed E-state index contributed by atoms with van der Waals surface area (Å²) in [5.74, 6) is 0. The average Bonchev–Trinajstić information content (AvgIpc) is 2.98. The van der Waals surface area contributed by atoms with Crippen molar-refractivity contribution < 1.29 is 14.6 Å². The van der Waals surface area contributed by atoms with E-state index in [4.69, 9.17) is 9.47 Å². The molecule has 0 spiro atoms. The van der Waals surface area contributed by atoms with Gasteiger partial charge in [-0.2, -0.15) is 0 Å². The first-order chi connectivity index (χ1) is 10.8. The third-order valence-corrected chi connectivity index (χ3v) is 5.54. The summed E-state index contributed by atoms with van der Waals surface area (Å²) in [6.45, 7) is 9.12. The zero-order valence-corrected chi connectivity index (χ0v) is 14.9. The van der Waals surface area contributed by atoms with Crippen molar-refractivity contribution in [3.63, 3.8) is 0 Å². The third-order valence-electron chi connectivity index (χ3n) is 5.54. The summed E-state index contributed by atoms with van der Waals surface area (Å²) in [4.78, 5) is 0. The molecule has 0 unspecified atom stereocenters. The van der Waals surface area contributed by atoms with E-state index < -0.39 is 5.60 Å². The molecule has 0 aromatic rings. The van der Waals surface area contributed by atoms with Gasteiger partial charge in [-0.1, -0.05) is 23.8 Å². The quantitative estimate of drug-likeness (QED) is 0.540. The van der Waals surface area contributed by atoms with Crippen molar-refractivity contribution in [2.24, 2.45) is 0 Å². The van der Waals surface area contributed by atoms with Crippen LogP contribution in [0.1, 0.15) is 59.8 Å². The van der Waals surface area contributed by atoms with Crippen molar-refractivity contribution >= 4 is 0 Å². The molecule has 1 fully saturated rings. The van der Waals surface area contributed by atoms with Crippen LogP contribution in [0.3, 0.4) is 0 Å². The van der Waals surface area contributed by atoms with Crippen LogP contribution in [-0.4, -0.2) is 35.1 Å². The fourth-order valence-corrected chi connectivity index (χ4v) is 3.71. The number of ether oxygens (including phenoxy) is 2. The van der Waals surface area contributed by atoms with Gasteiger partial charge in [0.05, 0.1) is 30.0 Å². The lowest BCUT2D eigenvalue weighted by molar-refractivity contribution is 0.0985. The number of rotatable bonds is 0. The number of aliphatic hydroxyl groups is 1. The minimum atomic E-state index is -0.774. The lowest BCUT2D eigenvalue weighted by atomic mass is 9.90. The first kappa shape index (κ1) is 16.9. The summed E-state index contributed by atoms with van der Waals surface area (Å²) < 4.78 is 11.8. The number of hydrogen-bond donors (Lipinski definition) is 1. The number of fused-ring (bicyclic) bond motifs is 2. The summed E-state index contributed by atoms with van der Waals surface area (Å²) >= 11 is 0. The Morgan fingerprint density at radius 1 is 1.22 bits per heavy atom. The Labute approximate surface area is 140 Å². The smallest absolute Gasteiger partial charge is 0.0977 e.